The molecular formula is C26H20Na3. The third-order valence-electron chi connectivity index (χ3n) is 4.50. The summed E-state index contributed by atoms with van der Waals surface area (Å²) in [5.41, 5.74) is 7.40. The second-order valence-electron chi connectivity index (χ2n) is 6.21. The minimum Gasteiger partial charge on any atom is -0.0622 e. The van der Waals surface area contributed by atoms with Crippen molar-refractivity contribution in [1.82, 2.24) is 0 Å². The van der Waals surface area contributed by atoms with Gasteiger partial charge in [-0.05, 0) is 33.4 Å². The van der Waals surface area contributed by atoms with Crippen molar-refractivity contribution in [2.75, 3.05) is 0 Å². The minimum atomic E-state index is 0. The zero-order valence-corrected chi connectivity index (χ0v) is 23.5. The molecule has 4 aromatic carbocycles. The van der Waals surface area contributed by atoms with E-state index < -0.39 is 0 Å². The summed E-state index contributed by atoms with van der Waals surface area (Å²) in [6.07, 6.45) is 0. The van der Waals surface area contributed by atoms with Crippen LogP contribution in [0.4, 0.5) is 0 Å². The molecule has 0 aromatic heterocycles. The first kappa shape index (κ1) is 26.7. The van der Waals surface area contributed by atoms with Crippen LogP contribution in [-0.2, 0) is 0 Å². The Labute approximate surface area is 240 Å². The Kier molecular flexibility index (Phi) is 12.7. The van der Waals surface area contributed by atoms with Gasteiger partial charge in [0.1, 0.15) is 0 Å². The van der Waals surface area contributed by atoms with Crippen LogP contribution in [0.15, 0.2) is 121 Å². The van der Waals surface area contributed by atoms with Crippen LogP contribution in [0.5, 0.6) is 0 Å². The number of hydrogen-bond acceptors (Lipinski definition) is 0. The Bertz CT molecular complexity index is 829. The van der Waals surface area contributed by atoms with Crippen LogP contribution in [0.2, 0.25) is 0 Å². The molecule has 0 saturated carbocycles. The van der Waals surface area contributed by atoms with Crippen molar-refractivity contribution in [2.45, 2.75) is 0 Å². The minimum absolute atomic E-state index is 0. The second-order valence-corrected chi connectivity index (χ2v) is 6.21. The van der Waals surface area contributed by atoms with Gasteiger partial charge in [0, 0.05) is 88.7 Å². The van der Waals surface area contributed by atoms with Gasteiger partial charge in [-0.1, -0.05) is 121 Å². The zero-order chi connectivity index (χ0) is 17.6. The van der Waals surface area contributed by atoms with Gasteiger partial charge in [0.2, 0.25) is 0 Å². The third kappa shape index (κ3) is 6.80. The molecule has 0 nitrogen and oxygen atoms in total. The van der Waals surface area contributed by atoms with Crippen LogP contribution < -0.4 is 0 Å². The molecular weight excluding hydrogens is 381 g/mol. The quantitative estimate of drug-likeness (QED) is 0.311. The van der Waals surface area contributed by atoms with E-state index in [1.807, 2.05) is 0 Å². The zero-order valence-electron chi connectivity index (χ0n) is 17.5. The summed E-state index contributed by atoms with van der Waals surface area (Å²) in [5, 5.41) is 0. The fourth-order valence-electron chi connectivity index (χ4n) is 3.33. The Morgan fingerprint density at radius 1 is 0.276 bits per heavy atom. The van der Waals surface area contributed by atoms with E-state index in [4.69, 9.17) is 0 Å². The predicted molar refractivity (Wildman–Crippen MR) is 128 cm³/mol. The van der Waals surface area contributed by atoms with Crippen LogP contribution in [0.3, 0.4) is 0 Å². The molecule has 3 heteroatoms. The van der Waals surface area contributed by atoms with Gasteiger partial charge in [0.25, 0.3) is 0 Å². The van der Waals surface area contributed by atoms with Gasteiger partial charge in [-0.25, -0.2) is 0 Å². The molecule has 0 aliphatic heterocycles. The van der Waals surface area contributed by atoms with E-state index in [1.54, 1.807) is 0 Å². The van der Waals surface area contributed by atoms with Gasteiger partial charge in [-0.3, -0.25) is 0 Å². The summed E-state index contributed by atoms with van der Waals surface area (Å²) in [7, 11) is 0. The van der Waals surface area contributed by atoms with Crippen molar-refractivity contribution in [3.63, 3.8) is 0 Å². The van der Waals surface area contributed by atoms with Gasteiger partial charge in [0.15, 0.2) is 0 Å². The molecule has 127 valence electrons. The summed E-state index contributed by atoms with van der Waals surface area (Å²) in [5.74, 6) is 0. The maximum atomic E-state index is 2.19. The molecule has 29 heavy (non-hydrogen) atoms. The maximum Gasteiger partial charge on any atom is 0 e. The Balaban J connectivity index is 0.00000140. The fraction of sp³-hybridized carbons (Fsp3) is 0. The molecule has 0 saturated heterocycles. The molecule has 0 aliphatic carbocycles. The van der Waals surface area contributed by atoms with Crippen LogP contribution in [0.1, 0.15) is 22.3 Å². The van der Waals surface area contributed by atoms with E-state index in [2.05, 4.69) is 121 Å². The molecule has 0 aliphatic rings. The second kappa shape index (κ2) is 13.8. The summed E-state index contributed by atoms with van der Waals surface area (Å²) in [6, 6.07) is 42.6. The fourth-order valence-corrected chi connectivity index (χ4v) is 3.33. The van der Waals surface area contributed by atoms with E-state index in [0.29, 0.717) is 0 Å². The van der Waals surface area contributed by atoms with E-state index in [9.17, 15) is 0 Å². The van der Waals surface area contributed by atoms with Crippen LogP contribution in [-0.4, -0.2) is 88.7 Å². The number of hydrogen-bond donors (Lipinski definition) is 0. The predicted octanol–water partition coefficient (Wildman–Crippen LogP) is 5.55. The van der Waals surface area contributed by atoms with Crippen LogP contribution in [0, 0.1) is 0 Å². The van der Waals surface area contributed by atoms with Gasteiger partial charge in [-0.2, -0.15) is 0 Å². The molecule has 0 spiro atoms. The van der Waals surface area contributed by atoms with E-state index in [1.165, 1.54) is 33.4 Å². The Hall–Kier alpha value is -0.380. The normalized spacial score (nSPS) is 9.24. The van der Waals surface area contributed by atoms with Gasteiger partial charge >= 0.3 is 0 Å². The van der Waals surface area contributed by atoms with Gasteiger partial charge in [0.05, 0.1) is 0 Å². The van der Waals surface area contributed by atoms with Crippen molar-refractivity contribution < 1.29 is 0 Å². The third-order valence-corrected chi connectivity index (χ3v) is 4.50. The molecule has 3 radical (unpaired) electrons. The first-order valence-corrected chi connectivity index (χ1v) is 8.89. The topological polar surface area (TPSA) is 0 Å². The van der Waals surface area contributed by atoms with Crippen molar-refractivity contribution in [2.24, 2.45) is 0 Å². The molecule has 4 aromatic rings. The number of rotatable bonds is 4. The maximum absolute atomic E-state index is 2.19. The molecule has 0 atom stereocenters. The van der Waals surface area contributed by atoms with E-state index in [-0.39, 0.29) is 88.7 Å². The molecule has 0 unspecified atom stereocenters. The van der Waals surface area contributed by atoms with Crippen molar-refractivity contribution in [3.8, 4) is 0 Å². The molecule has 0 heterocycles. The van der Waals surface area contributed by atoms with Crippen molar-refractivity contribution in [1.29, 1.82) is 0 Å². The molecule has 0 N–H and O–H groups in total. The van der Waals surface area contributed by atoms with Gasteiger partial charge in [-0.15, -0.1) is 0 Å². The smallest absolute Gasteiger partial charge is 0 e. The van der Waals surface area contributed by atoms with E-state index >= 15 is 0 Å². The van der Waals surface area contributed by atoms with Crippen LogP contribution >= 0.6 is 0 Å². The van der Waals surface area contributed by atoms with Crippen LogP contribution in [0.25, 0.3) is 11.1 Å². The molecule has 0 bridgehead atoms. The molecule has 0 fully saturated rings. The Morgan fingerprint density at radius 3 is 0.621 bits per heavy atom. The summed E-state index contributed by atoms with van der Waals surface area (Å²) in [6.45, 7) is 0. The first-order valence-electron chi connectivity index (χ1n) is 8.89. The first-order chi connectivity index (χ1) is 12.9. The summed E-state index contributed by atoms with van der Waals surface area (Å²) in [4.78, 5) is 0. The average molecular weight is 401 g/mol. The number of benzene rings is 4. The summed E-state index contributed by atoms with van der Waals surface area (Å²) >= 11 is 0. The largest absolute Gasteiger partial charge is 0.0622 e. The van der Waals surface area contributed by atoms with Crippen molar-refractivity contribution >= 4 is 99.8 Å². The average Bonchev–Trinajstić information content (AvgIpc) is 2.74. The Morgan fingerprint density at radius 2 is 0.448 bits per heavy atom. The molecule has 4 rings (SSSR count). The van der Waals surface area contributed by atoms with Crippen molar-refractivity contribution in [3.05, 3.63) is 144 Å². The SMILES string of the molecule is [Na].[Na].[Na].c1ccc(C(=C(c2ccccc2)c2ccccc2)c2ccccc2)cc1. The monoisotopic (exact) mass is 401 g/mol. The molecule has 0 amide bonds. The van der Waals surface area contributed by atoms with E-state index in [0.717, 1.165) is 0 Å². The summed E-state index contributed by atoms with van der Waals surface area (Å²) < 4.78 is 0. The van der Waals surface area contributed by atoms with Gasteiger partial charge < -0.3 is 0 Å². The standard InChI is InChI=1S/C26H20.3Na/c1-5-13-21(14-6-1)25(22-15-7-2-8-16-22)26(23-17-9-3-10-18-23)24-19-11-4-12-20-24;;;/h1-20H;;;.